The van der Waals surface area contributed by atoms with E-state index in [1.165, 1.54) is 12.1 Å². The van der Waals surface area contributed by atoms with Crippen LogP contribution in [0.2, 0.25) is 0 Å². The molecule has 1 unspecified atom stereocenters. The third-order valence-electron chi connectivity index (χ3n) is 5.45. The number of aromatic nitrogens is 1. The van der Waals surface area contributed by atoms with Crippen LogP contribution in [0, 0.1) is 0 Å². The Morgan fingerprint density at radius 2 is 1.69 bits per heavy atom. The highest BCUT2D eigenvalue weighted by Gasteiger charge is 2.32. The van der Waals surface area contributed by atoms with Crippen LogP contribution in [0.25, 0.3) is 0 Å². The standard InChI is InChI=1S/C23H23F3N2O/c1-29-20-11-5-17(6-12-20)16-28-15-3-14-27-13-2-4-21(27)22(28)18-7-9-19(10-8-18)23(24,25)26/h2,4-13,22H,3,14-16H2,1H3. The Bertz CT molecular complexity index is 946. The molecule has 3 aromatic rings. The van der Waals surface area contributed by atoms with Crippen molar-refractivity contribution in [3.63, 3.8) is 0 Å². The number of alkyl halides is 3. The topological polar surface area (TPSA) is 17.4 Å². The summed E-state index contributed by atoms with van der Waals surface area (Å²) in [6.07, 6.45) is -1.30. The van der Waals surface area contributed by atoms with Crippen molar-refractivity contribution in [2.24, 2.45) is 0 Å². The van der Waals surface area contributed by atoms with Gasteiger partial charge in [-0.15, -0.1) is 0 Å². The van der Waals surface area contributed by atoms with Crippen LogP contribution in [-0.4, -0.2) is 23.1 Å². The number of benzene rings is 2. The van der Waals surface area contributed by atoms with Gasteiger partial charge in [-0.25, -0.2) is 0 Å². The summed E-state index contributed by atoms with van der Waals surface area (Å²) in [6.45, 7) is 2.47. The number of fused-ring (bicyclic) bond motifs is 1. The van der Waals surface area contributed by atoms with E-state index in [4.69, 9.17) is 4.74 Å². The quantitative estimate of drug-likeness (QED) is 0.575. The van der Waals surface area contributed by atoms with E-state index in [1.807, 2.05) is 36.5 Å². The smallest absolute Gasteiger partial charge is 0.416 e. The van der Waals surface area contributed by atoms with E-state index in [0.29, 0.717) is 6.54 Å². The minimum absolute atomic E-state index is 0.100. The molecule has 1 atom stereocenters. The first-order valence-corrected chi connectivity index (χ1v) is 9.65. The Kier molecular flexibility index (Phi) is 5.37. The average Bonchev–Trinajstić information content (AvgIpc) is 3.09. The molecule has 0 saturated heterocycles. The molecule has 1 aliphatic rings. The molecule has 0 radical (unpaired) electrons. The van der Waals surface area contributed by atoms with Crippen molar-refractivity contribution in [1.82, 2.24) is 9.47 Å². The minimum Gasteiger partial charge on any atom is -0.497 e. The monoisotopic (exact) mass is 400 g/mol. The Hall–Kier alpha value is -2.73. The lowest BCUT2D eigenvalue weighted by molar-refractivity contribution is -0.137. The van der Waals surface area contributed by atoms with E-state index in [0.717, 1.165) is 42.1 Å². The van der Waals surface area contributed by atoms with Gasteiger partial charge in [0.05, 0.1) is 18.7 Å². The molecular weight excluding hydrogens is 377 g/mol. The third-order valence-corrected chi connectivity index (χ3v) is 5.45. The van der Waals surface area contributed by atoms with Crippen molar-refractivity contribution in [2.75, 3.05) is 13.7 Å². The summed E-state index contributed by atoms with van der Waals surface area (Å²) in [5.41, 5.74) is 2.50. The number of hydrogen-bond acceptors (Lipinski definition) is 2. The number of rotatable bonds is 4. The lowest BCUT2D eigenvalue weighted by Crippen LogP contribution is -2.29. The molecule has 0 N–H and O–H groups in total. The van der Waals surface area contributed by atoms with E-state index in [9.17, 15) is 13.2 Å². The van der Waals surface area contributed by atoms with Crippen LogP contribution in [-0.2, 0) is 19.3 Å². The van der Waals surface area contributed by atoms with Crippen LogP contribution in [0.15, 0.2) is 66.9 Å². The highest BCUT2D eigenvalue weighted by atomic mass is 19.4. The van der Waals surface area contributed by atoms with Crippen LogP contribution in [0.3, 0.4) is 0 Å². The second-order valence-corrected chi connectivity index (χ2v) is 7.32. The van der Waals surface area contributed by atoms with E-state index >= 15 is 0 Å². The Balaban J connectivity index is 1.69. The third kappa shape index (κ3) is 4.17. The van der Waals surface area contributed by atoms with E-state index in [2.05, 4.69) is 15.5 Å². The molecule has 4 rings (SSSR count). The predicted octanol–water partition coefficient (Wildman–Crippen LogP) is 5.51. The summed E-state index contributed by atoms with van der Waals surface area (Å²) in [6, 6.07) is 17.5. The number of nitrogens with zero attached hydrogens (tertiary/aromatic N) is 2. The van der Waals surface area contributed by atoms with Gasteiger partial charge in [-0.2, -0.15) is 13.2 Å². The van der Waals surface area contributed by atoms with Gasteiger partial charge in [0.15, 0.2) is 0 Å². The van der Waals surface area contributed by atoms with Crippen molar-refractivity contribution in [3.05, 3.63) is 89.2 Å². The zero-order chi connectivity index (χ0) is 20.4. The molecule has 0 aliphatic carbocycles. The van der Waals surface area contributed by atoms with Gasteiger partial charge in [-0.1, -0.05) is 24.3 Å². The van der Waals surface area contributed by atoms with Crippen molar-refractivity contribution >= 4 is 0 Å². The van der Waals surface area contributed by atoms with Crippen molar-refractivity contribution in [2.45, 2.75) is 31.7 Å². The first-order valence-electron chi connectivity index (χ1n) is 9.65. The van der Waals surface area contributed by atoms with Gasteiger partial charge in [0.1, 0.15) is 5.75 Å². The predicted molar refractivity (Wildman–Crippen MR) is 106 cm³/mol. The van der Waals surface area contributed by atoms with Crippen molar-refractivity contribution in [3.8, 4) is 5.75 Å². The molecule has 0 amide bonds. The van der Waals surface area contributed by atoms with E-state index in [1.54, 1.807) is 19.2 Å². The fourth-order valence-electron chi connectivity index (χ4n) is 4.01. The minimum atomic E-state index is -4.33. The molecule has 29 heavy (non-hydrogen) atoms. The van der Waals surface area contributed by atoms with Gasteiger partial charge < -0.3 is 9.30 Å². The van der Waals surface area contributed by atoms with E-state index in [-0.39, 0.29) is 6.04 Å². The fourth-order valence-corrected chi connectivity index (χ4v) is 4.01. The lowest BCUT2D eigenvalue weighted by Gasteiger charge is -2.31. The summed E-state index contributed by atoms with van der Waals surface area (Å²) < 4.78 is 46.5. The molecule has 3 nitrogen and oxygen atoms in total. The first-order chi connectivity index (χ1) is 14.0. The number of aryl methyl sites for hydroxylation is 1. The van der Waals surface area contributed by atoms with Crippen molar-refractivity contribution in [1.29, 1.82) is 0 Å². The van der Waals surface area contributed by atoms with Crippen LogP contribution in [0.5, 0.6) is 5.75 Å². The van der Waals surface area contributed by atoms with Gasteiger partial charge in [-0.05, 0) is 53.9 Å². The molecular formula is C23H23F3N2O. The lowest BCUT2D eigenvalue weighted by atomic mass is 9.99. The second-order valence-electron chi connectivity index (χ2n) is 7.32. The molecule has 1 aliphatic heterocycles. The average molecular weight is 400 g/mol. The summed E-state index contributed by atoms with van der Waals surface area (Å²) in [7, 11) is 1.64. The second kappa shape index (κ2) is 7.95. The molecule has 0 saturated carbocycles. The summed E-state index contributed by atoms with van der Waals surface area (Å²) in [5.74, 6) is 0.804. The maximum atomic E-state index is 13.0. The van der Waals surface area contributed by atoms with Gasteiger partial charge in [-0.3, -0.25) is 4.90 Å². The zero-order valence-corrected chi connectivity index (χ0v) is 16.2. The molecule has 0 bridgehead atoms. The van der Waals surface area contributed by atoms with E-state index < -0.39 is 11.7 Å². The number of hydrogen-bond donors (Lipinski definition) is 0. The SMILES string of the molecule is COc1ccc(CN2CCCn3cccc3C2c2ccc(C(F)(F)F)cc2)cc1. The molecule has 2 aromatic carbocycles. The van der Waals surface area contributed by atoms with Crippen molar-refractivity contribution < 1.29 is 17.9 Å². The molecule has 0 spiro atoms. The van der Waals surface area contributed by atoms with Gasteiger partial charge in [0.25, 0.3) is 0 Å². The zero-order valence-electron chi connectivity index (χ0n) is 16.2. The molecule has 0 fully saturated rings. The Morgan fingerprint density at radius 1 is 0.966 bits per heavy atom. The normalized spacial score (nSPS) is 17.6. The molecule has 2 heterocycles. The van der Waals surface area contributed by atoms with Gasteiger partial charge >= 0.3 is 6.18 Å². The first kappa shape index (κ1) is 19.6. The summed E-state index contributed by atoms with van der Waals surface area (Å²) >= 11 is 0. The highest BCUT2D eigenvalue weighted by molar-refractivity contribution is 5.34. The number of ether oxygens (including phenoxy) is 1. The number of methoxy groups -OCH3 is 1. The molecule has 152 valence electrons. The van der Waals surface area contributed by atoms with Crippen LogP contribution in [0.1, 0.15) is 34.8 Å². The van der Waals surface area contributed by atoms with Gasteiger partial charge in [0.2, 0.25) is 0 Å². The maximum absolute atomic E-state index is 13.0. The van der Waals surface area contributed by atoms with Crippen LogP contribution in [0.4, 0.5) is 13.2 Å². The molecule has 1 aromatic heterocycles. The van der Waals surface area contributed by atoms with Gasteiger partial charge in [0, 0.05) is 31.5 Å². The number of halogens is 3. The highest BCUT2D eigenvalue weighted by Crippen LogP contribution is 2.35. The maximum Gasteiger partial charge on any atom is 0.416 e. The van der Waals surface area contributed by atoms with Crippen LogP contribution < -0.4 is 4.74 Å². The molecule has 6 heteroatoms. The summed E-state index contributed by atoms with van der Waals surface area (Å²) in [5, 5.41) is 0. The summed E-state index contributed by atoms with van der Waals surface area (Å²) in [4.78, 5) is 2.34. The Labute approximate surface area is 168 Å². The fraction of sp³-hybridized carbons (Fsp3) is 0.304. The Morgan fingerprint density at radius 3 is 2.34 bits per heavy atom. The largest absolute Gasteiger partial charge is 0.497 e. The van der Waals surface area contributed by atoms with Crippen LogP contribution >= 0.6 is 0 Å².